The van der Waals surface area contributed by atoms with Crippen molar-refractivity contribution in [1.82, 2.24) is 9.97 Å². The number of imidazole rings is 1. The van der Waals surface area contributed by atoms with Gasteiger partial charge in [0.2, 0.25) is 10.0 Å². The average molecular weight is 327 g/mol. The Morgan fingerprint density at radius 3 is 2.95 bits per heavy atom. The molecule has 2 heterocycles. The van der Waals surface area contributed by atoms with E-state index in [2.05, 4.69) is 19.6 Å². The highest BCUT2D eigenvalue weighted by atomic mass is 35.5. The van der Waals surface area contributed by atoms with Crippen LogP contribution in [0.5, 0.6) is 0 Å². The van der Waals surface area contributed by atoms with E-state index in [0.29, 0.717) is 17.3 Å². The van der Waals surface area contributed by atoms with Crippen molar-refractivity contribution in [3.05, 3.63) is 40.9 Å². The maximum Gasteiger partial charge on any atom is 0.229 e. The number of hydrogen-bond acceptors (Lipinski definition) is 4. The van der Waals surface area contributed by atoms with Crippen LogP contribution >= 0.6 is 11.6 Å². The zero-order valence-corrected chi connectivity index (χ0v) is 13.0. The SMILES string of the molecule is CS(=O)(=O)Nc1cc(Cl)c2c(c1)N(Cc1cnc[nH]1)CC2. The lowest BCUT2D eigenvalue weighted by Gasteiger charge is -2.19. The van der Waals surface area contributed by atoms with Crippen LogP contribution in [0.2, 0.25) is 5.02 Å². The number of anilines is 2. The zero-order chi connectivity index (χ0) is 15.0. The van der Waals surface area contributed by atoms with Crippen LogP contribution in [-0.4, -0.2) is 31.2 Å². The van der Waals surface area contributed by atoms with Crippen LogP contribution in [0.4, 0.5) is 11.4 Å². The van der Waals surface area contributed by atoms with Crippen LogP contribution in [0, 0.1) is 0 Å². The van der Waals surface area contributed by atoms with Gasteiger partial charge in [0, 0.05) is 23.5 Å². The van der Waals surface area contributed by atoms with Gasteiger partial charge in [0.1, 0.15) is 0 Å². The Kier molecular flexibility index (Phi) is 3.54. The third kappa shape index (κ3) is 3.14. The molecule has 1 aromatic carbocycles. The lowest BCUT2D eigenvalue weighted by molar-refractivity contribution is 0.607. The Hall–Kier alpha value is -1.73. The number of aromatic amines is 1. The van der Waals surface area contributed by atoms with E-state index in [1.54, 1.807) is 18.6 Å². The van der Waals surface area contributed by atoms with E-state index in [-0.39, 0.29) is 0 Å². The van der Waals surface area contributed by atoms with Crippen molar-refractivity contribution in [2.45, 2.75) is 13.0 Å². The molecule has 3 rings (SSSR count). The molecule has 0 aliphatic carbocycles. The van der Waals surface area contributed by atoms with Crippen molar-refractivity contribution in [2.75, 3.05) is 22.4 Å². The Labute approximate surface area is 128 Å². The largest absolute Gasteiger partial charge is 0.365 e. The molecular weight excluding hydrogens is 312 g/mol. The molecule has 0 unspecified atom stereocenters. The van der Waals surface area contributed by atoms with Crippen molar-refractivity contribution in [1.29, 1.82) is 0 Å². The Balaban J connectivity index is 1.92. The standard InChI is InChI=1S/C13H15ClN4O2S/c1-21(19,20)17-9-4-12(14)11-2-3-18(13(11)5-9)7-10-6-15-8-16-10/h4-6,8,17H,2-3,7H2,1H3,(H,15,16). The van der Waals surface area contributed by atoms with Crippen molar-refractivity contribution < 1.29 is 8.42 Å². The lowest BCUT2D eigenvalue weighted by Crippen LogP contribution is -2.20. The molecule has 0 atom stereocenters. The molecule has 0 spiro atoms. The summed E-state index contributed by atoms with van der Waals surface area (Å²) in [4.78, 5) is 9.22. The molecule has 2 N–H and O–H groups in total. The highest BCUT2D eigenvalue weighted by Crippen LogP contribution is 2.37. The Morgan fingerprint density at radius 1 is 1.48 bits per heavy atom. The fraction of sp³-hybridized carbons (Fsp3) is 0.308. The summed E-state index contributed by atoms with van der Waals surface area (Å²) in [5, 5.41) is 0.589. The number of benzene rings is 1. The fourth-order valence-electron chi connectivity index (χ4n) is 2.53. The number of rotatable bonds is 4. The van der Waals surface area contributed by atoms with E-state index in [4.69, 9.17) is 11.6 Å². The Bertz CT molecular complexity index is 759. The topological polar surface area (TPSA) is 78.1 Å². The van der Waals surface area contributed by atoms with Gasteiger partial charge in [-0.05, 0) is 24.1 Å². The van der Waals surface area contributed by atoms with E-state index in [1.165, 1.54) is 0 Å². The first kappa shape index (κ1) is 14.2. The highest BCUT2D eigenvalue weighted by Gasteiger charge is 2.23. The molecule has 0 radical (unpaired) electrons. The molecule has 0 fully saturated rings. The van der Waals surface area contributed by atoms with Crippen molar-refractivity contribution in [3.8, 4) is 0 Å². The van der Waals surface area contributed by atoms with Gasteiger partial charge in [0.15, 0.2) is 0 Å². The number of hydrogen-bond donors (Lipinski definition) is 2. The van der Waals surface area contributed by atoms with Gasteiger partial charge in [-0.25, -0.2) is 13.4 Å². The van der Waals surface area contributed by atoms with E-state index < -0.39 is 10.0 Å². The first-order valence-corrected chi connectivity index (χ1v) is 8.72. The summed E-state index contributed by atoms with van der Waals surface area (Å²) >= 11 is 6.27. The minimum atomic E-state index is -3.32. The number of nitrogens with zero attached hydrogens (tertiary/aromatic N) is 2. The van der Waals surface area contributed by atoms with E-state index in [0.717, 1.165) is 36.2 Å². The van der Waals surface area contributed by atoms with Gasteiger partial charge < -0.3 is 9.88 Å². The summed E-state index contributed by atoms with van der Waals surface area (Å²) in [6.07, 6.45) is 5.39. The second-order valence-corrected chi connectivity index (χ2v) is 7.23. The van der Waals surface area contributed by atoms with Gasteiger partial charge in [-0.15, -0.1) is 0 Å². The second-order valence-electron chi connectivity index (χ2n) is 5.08. The van der Waals surface area contributed by atoms with Crippen LogP contribution in [0.1, 0.15) is 11.3 Å². The normalized spacial score (nSPS) is 14.3. The Morgan fingerprint density at radius 2 is 2.29 bits per heavy atom. The van der Waals surface area contributed by atoms with Gasteiger partial charge in [-0.2, -0.15) is 0 Å². The van der Waals surface area contributed by atoms with Gasteiger partial charge >= 0.3 is 0 Å². The molecule has 1 aromatic heterocycles. The predicted molar refractivity (Wildman–Crippen MR) is 83.3 cm³/mol. The minimum Gasteiger partial charge on any atom is -0.365 e. The molecule has 0 saturated heterocycles. The maximum absolute atomic E-state index is 11.4. The lowest BCUT2D eigenvalue weighted by atomic mass is 10.1. The smallest absolute Gasteiger partial charge is 0.229 e. The van der Waals surface area contributed by atoms with Gasteiger partial charge in [0.25, 0.3) is 0 Å². The van der Waals surface area contributed by atoms with E-state index in [1.807, 2.05) is 6.07 Å². The van der Waals surface area contributed by atoms with Crippen molar-refractivity contribution in [2.24, 2.45) is 0 Å². The number of nitrogens with one attached hydrogen (secondary N) is 2. The second kappa shape index (κ2) is 5.23. The first-order valence-electron chi connectivity index (χ1n) is 6.45. The summed E-state index contributed by atoms with van der Waals surface area (Å²) in [6.45, 7) is 1.53. The number of halogens is 1. The van der Waals surface area contributed by atoms with Gasteiger partial charge in [-0.1, -0.05) is 11.6 Å². The van der Waals surface area contributed by atoms with Crippen molar-refractivity contribution in [3.63, 3.8) is 0 Å². The number of H-pyrrole nitrogens is 1. The summed E-state index contributed by atoms with van der Waals surface area (Å²) in [6, 6.07) is 3.48. The molecule has 0 bridgehead atoms. The summed E-state index contributed by atoms with van der Waals surface area (Å²) in [7, 11) is -3.32. The molecule has 6 nitrogen and oxygen atoms in total. The third-order valence-electron chi connectivity index (χ3n) is 3.36. The van der Waals surface area contributed by atoms with Crippen LogP contribution in [0.3, 0.4) is 0 Å². The van der Waals surface area contributed by atoms with E-state index >= 15 is 0 Å². The molecule has 21 heavy (non-hydrogen) atoms. The molecule has 1 aliphatic heterocycles. The molecule has 0 saturated carbocycles. The number of sulfonamides is 1. The molecular formula is C13H15ClN4O2S. The predicted octanol–water partition coefficient (Wildman–Crippen LogP) is 2.00. The van der Waals surface area contributed by atoms with Gasteiger partial charge in [-0.3, -0.25) is 4.72 Å². The van der Waals surface area contributed by atoms with Crippen LogP contribution < -0.4 is 9.62 Å². The summed E-state index contributed by atoms with van der Waals surface area (Å²) < 4.78 is 25.2. The first-order chi connectivity index (χ1) is 9.92. The molecule has 0 amide bonds. The third-order valence-corrected chi connectivity index (χ3v) is 4.31. The zero-order valence-electron chi connectivity index (χ0n) is 11.4. The van der Waals surface area contributed by atoms with Crippen LogP contribution in [0.25, 0.3) is 0 Å². The van der Waals surface area contributed by atoms with Crippen LogP contribution in [-0.2, 0) is 23.0 Å². The summed E-state index contributed by atoms with van der Waals surface area (Å²) in [5.74, 6) is 0. The highest BCUT2D eigenvalue weighted by molar-refractivity contribution is 7.92. The monoisotopic (exact) mass is 326 g/mol. The average Bonchev–Trinajstić information content (AvgIpc) is 2.98. The van der Waals surface area contributed by atoms with Crippen LogP contribution in [0.15, 0.2) is 24.7 Å². The number of fused-ring (bicyclic) bond motifs is 1. The van der Waals surface area contributed by atoms with Crippen molar-refractivity contribution >= 4 is 33.0 Å². The quantitative estimate of drug-likeness (QED) is 0.900. The minimum absolute atomic E-state index is 0.484. The fourth-order valence-corrected chi connectivity index (χ4v) is 3.39. The molecule has 112 valence electrons. The maximum atomic E-state index is 11.4. The van der Waals surface area contributed by atoms with E-state index in [9.17, 15) is 8.42 Å². The molecule has 8 heteroatoms. The summed E-state index contributed by atoms with van der Waals surface area (Å²) in [5.41, 5.74) is 3.50. The number of aromatic nitrogens is 2. The molecule has 2 aromatic rings. The molecule has 1 aliphatic rings. The van der Waals surface area contributed by atoms with Gasteiger partial charge in [0.05, 0.1) is 30.5 Å².